The number of esters is 1. The monoisotopic (exact) mass is 425 g/mol. The topological polar surface area (TPSA) is 67.8 Å². The first-order valence-corrected chi connectivity index (χ1v) is 11.2. The predicted octanol–water partition coefficient (Wildman–Crippen LogP) is 4.76. The van der Waals surface area contributed by atoms with Crippen molar-refractivity contribution in [2.45, 2.75) is 70.1 Å². The van der Waals surface area contributed by atoms with E-state index in [1.165, 1.54) is 31.2 Å². The van der Waals surface area contributed by atoms with Crippen molar-refractivity contribution in [3.8, 4) is 5.75 Å². The van der Waals surface area contributed by atoms with Crippen molar-refractivity contribution in [3.63, 3.8) is 0 Å². The molecular formula is C26H35NO4. The van der Waals surface area contributed by atoms with Gasteiger partial charge in [0.2, 0.25) is 0 Å². The number of carbonyl (C=O) groups is 1. The number of hydrogen-bond acceptors (Lipinski definition) is 5. The molecule has 0 aliphatic heterocycles. The van der Waals surface area contributed by atoms with Crippen LogP contribution in [-0.2, 0) is 9.53 Å². The number of hydrogen-bond donors (Lipinski definition) is 2. The molecule has 5 heteroatoms. The van der Waals surface area contributed by atoms with Gasteiger partial charge in [-0.25, -0.2) is 4.79 Å². The lowest BCUT2D eigenvalue weighted by atomic mass is 9.97. The lowest BCUT2D eigenvalue weighted by Crippen LogP contribution is -2.44. The van der Waals surface area contributed by atoms with Gasteiger partial charge in [0.05, 0.1) is 0 Å². The van der Waals surface area contributed by atoms with Crippen molar-refractivity contribution in [1.82, 2.24) is 5.32 Å². The maximum Gasteiger partial charge on any atom is 0.340 e. The van der Waals surface area contributed by atoms with Crippen molar-refractivity contribution in [1.29, 1.82) is 0 Å². The summed E-state index contributed by atoms with van der Waals surface area (Å²) in [4.78, 5) is 12.6. The second kappa shape index (κ2) is 10.8. The maximum atomic E-state index is 12.6. The van der Waals surface area contributed by atoms with Gasteiger partial charge in [0.15, 0.2) is 6.10 Å². The lowest BCUT2D eigenvalue weighted by molar-refractivity contribution is -0.161. The first kappa shape index (κ1) is 23.3. The minimum Gasteiger partial charge on any atom is -0.489 e. The molecule has 2 aromatic carbocycles. The quantitative estimate of drug-likeness (QED) is 0.567. The van der Waals surface area contributed by atoms with Crippen LogP contribution in [0.1, 0.15) is 69.6 Å². The molecule has 3 rings (SSSR count). The molecule has 2 atom stereocenters. The SMILES string of the molecule is CC(C)(C)NCC(COc1ccccc1C1CCCC1)OC(=O)[C@H](O)c1ccccc1. The Bertz CT molecular complexity index is 825. The molecule has 1 saturated carbocycles. The van der Waals surface area contributed by atoms with Gasteiger partial charge in [-0.05, 0) is 56.7 Å². The molecule has 0 spiro atoms. The molecular weight excluding hydrogens is 390 g/mol. The third-order valence-electron chi connectivity index (χ3n) is 5.62. The van der Waals surface area contributed by atoms with Crippen LogP contribution in [0.5, 0.6) is 5.75 Å². The Labute approximate surface area is 185 Å². The van der Waals surface area contributed by atoms with Crippen molar-refractivity contribution in [3.05, 3.63) is 65.7 Å². The van der Waals surface area contributed by atoms with E-state index >= 15 is 0 Å². The molecule has 0 aromatic heterocycles. The third kappa shape index (κ3) is 7.08. The summed E-state index contributed by atoms with van der Waals surface area (Å²) >= 11 is 0. The van der Waals surface area contributed by atoms with Crippen LogP contribution < -0.4 is 10.1 Å². The number of nitrogens with one attached hydrogen (secondary N) is 1. The van der Waals surface area contributed by atoms with E-state index in [1.807, 2.05) is 18.2 Å². The molecule has 1 unspecified atom stereocenters. The number of carbonyl (C=O) groups excluding carboxylic acids is 1. The van der Waals surface area contributed by atoms with E-state index in [0.717, 1.165) is 5.75 Å². The Kier molecular flexibility index (Phi) is 8.10. The van der Waals surface area contributed by atoms with Gasteiger partial charge in [-0.15, -0.1) is 0 Å². The van der Waals surface area contributed by atoms with Crippen LogP contribution in [0, 0.1) is 0 Å². The molecule has 0 heterocycles. The standard InChI is InChI=1S/C26H35NO4/c1-26(2,3)27-17-21(31-25(29)24(28)20-13-5-4-6-14-20)18-30-23-16-10-9-15-22(23)19-11-7-8-12-19/h4-6,9-10,13-16,19,21,24,27-28H,7-8,11-12,17-18H2,1-3H3/t21?,24-/m1/s1. The van der Waals surface area contributed by atoms with Gasteiger partial charge in [0.25, 0.3) is 0 Å². The van der Waals surface area contributed by atoms with E-state index in [0.29, 0.717) is 18.0 Å². The fourth-order valence-electron chi connectivity index (χ4n) is 3.92. The van der Waals surface area contributed by atoms with Crippen molar-refractivity contribution >= 4 is 5.97 Å². The average molecular weight is 426 g/mol. The van der Waals surface area contributed by atoms with Crippen LogP contribution in [0.3, 0.4) is 0 Å². The highest BCUT2D eigenvalue weighted by Crippen LogP contribution is 2.38. The smallest absolute Gasteiger partial charge is 0.340 e. The van der Waals surface area contributed by atoms with Gasteiger partial charge in [-0.3, -0.25) is 0 Å². The molecule has 0 amide bonds. The van der Waals surface area contributed by atoms with Gasteiger partial charge in [0.1, 0.15) is 18.5 Å². The zero-order valence-corrected chi connectivity index (χ0v) is 18.8. The largest absolute Gasteiger partial charge is 0.489 e. The van der Waals surface area contributed by atoms with Gasteiger partial charge in [-0.2, -0.15) is 0 Å². The summed E-state index contributed by atoms with van der Waals surface area (Å²) in [6.45, 7) is 6.82. The van der Waals surface area contributed by atoms with E-state index in [4.69, 9.17) is 9.47 Å². The Hall–Kier alpha value is -2.37. The second-order valence-electron chi connectivity index (χ2n) is 9.33. The normalized spacial score (nSPS) is 16.6. The summed E-state index contributed by atoms with van der Waals surface area (Å²) in [6, 6.07) is 17.0. The molecule has 0 radical (unpaired) electrons. The Morgan fingerprint density at radius 3 is 2.39 bits per heavy atom. The number of ether oxygens (including phenoxy) is 2. The number of aliphatic hydroxyl groups excluding tert-OH is 1. The molecule has 168 valence electrons. The number of para-hydroxylation sites is 1. The minimum atomic E-state index is -1.32. The van der Waals surface area contributed by atoms with E-state index in [9.17, 15) is 9.90 Å². The average Bonchev–Trinajstić information content (AvgIpc) is 3.30. The minimum absolute atomic E-state index is 0.134. The molecule has 2 aromatic rings. The van der Waals surface area contributed by atoms with Crippen LogP contribution >= 0.6 is 0 Å². The highest BCUT2D eigenvalue weighted by Gasteiger charge is 2.26. The first-order chi connectivity index (χ1) is 14.8. The van der Waals surface area contributed by atoms with E-state index in [-0.39, 0.29) is 12.1 Å². The van der Waals surface area contributed by atoms with Crippen LogP contribution in [0.2, 0.25) is 0 Å². The van der Waals surface area contributed by atoms with Crippen LogP contribution in [-0.4, -0.2) is 35.9 Å². The van der Waals surface area contributed by atoms with E-state index in [1.54, 1.807) is 24.3 Å². The highest BCUT2D eigenvalue weighted by atomic mass is 16.6. The molecule has 2 N–H and O–H groups in total. The molecule has 5 nitrogen and oxygen atoms in total. The van der Waals surface area contributed by atoms with Crippen LogP contribution in [0.25, 0.3) is 0 Å². The first-order valence-electron chi connectivity index (χ1n) is 11.2. The number of rotatable bonds is 9. The van der Waals surface area contributed by atoms with Gasteiger partial charge in [0, 0.05) is 12.1 Å². The predicted molar refractivity (Wildman–Crippen MR) is 122 cm³/mol. The molecule has 0 saturated heterocycles. The van der Waals surface area contributed by atoms with Gasteiger partial charge >= 0.3 is 5.97 Å². The summed E-state index contributed by atoms with van der Waals surface area (Å²) in [6.07, 6.45) is 3.05. The Balaban J connectivity index is 1.67. The maximum absolute atomic E-state index is 12.6. The Morgan fingerprint density at radius 2 is 1.71 bits per heavy atom. The lowest BCUT2D eigenvalue weighted by Gasteiger charge is -2.26. The fourth-order valence-corrected chi connectivity index (χ4v) is 3.92. The highest BCUT2D eigenvalue weighted by molar-refractivity contribution is 5.76. The molecule has 31 heavy (non-hydrogen) atoms. The summed E-state index contributed by atoms with van der Waals surface area (Å²) in [5, 5.41) is 13.8. The van der Waals surface area contributed by atoms with E-state index in [2.05, 4.69) is 38.2 Å². The third-order valence-corrected chi connectivity index (χ3v) is 5.62. The molecule has 1 fully saturated rings. The van der Waals surface area contributed by atoms with Gasteiger partial charge < -0.3 is 19.9 Å². The zero-order chi connectivity index (χ0) is 22.3. The van der Waals surface area contributed by atoms with Crippen molar-refractivity contribution in [2.75, 3.05) is 13.2 Å². The zero-order valence-electron chi connectivity index (χ0n) is 18.8. The second-order valence-corrected chi connectivity index (χ2v) is 9.33. The van der Waals surface area contributed by atoms with Crippen molar-refractivity contribution < 1.29 is 19.4 Å². The Morgan fingerprint density at radius 1 is 1.06 bits per heavy atom. The summed E-state index contributed by atoms with van der Waals surface area (Å²) in [7, 11) is 0. The molecule has 1 aliphatic rings. The molecule has 1 aliphatic carbocycles. The summed E-state index contributed by atoms with van der Waals surface area (Å²) in [5.74, 6) is 0.721. The van der Waals surface area contributed by atoms with E-state index < -0.39 is 18.2 Å². The number of benzene rings is 2. The summed E-state index contributed by atoms with van der Waals surface area (Å²) in [5.41, 5.74) is 1.62. The fraction of sp³-hybridized carbons (Fsp3) is 0.500. The van der Waals surface area contributed by atoms with Crippen LogP contribution in [0.15, 0.2) is 54.6 Å². The molecule has 0 bridgehead atoms. The van der Waals surface area contributed by atoms with Gasteiger partial charge in [-0.1, -0.05) is 61.4 Å². The number of aliphatic hydroxyl groups is 1. The van der Waals surface area contributed by atoms with Crippen LogP contribution in [0.4, 0.5) is 0 Å². The van der Waals surface area contributed by atoms with Crippen molar-refractivity contribution in [2.24, 2.45) is 0 Å². The summed E-state index contributed by atoms with van der Waals surface area (Å²) < 4.78 is 11.8.